The number of carbonyl (C=O) groups is 2. The monoisotopic (exact) mass is 302 g/mol. The van der Waals surface area contributed by atoms with Crippen LogP contribution in [0.3, 0.4) is 0 Å². The van der Waals surface area contributed by atoms with E-state index in [-0.39, 0.29) is 11.9 Å². The van der Waals surface area contributed by atoms with Gasteiger partial charge in [0.25, 0.3) is 0 Å². The molecule has 2 fully saturated rings. The van der Waals surface area contributed by atoms with Crippen LogP contribution in [-0.2, 0) is 9.53 Å². The molecular formula is C17H22N2O3. The number of rotatable bonds is 4. The third-order valence-corrected chi connectivity index (χ3v) is 4.45. The van der Waals surface area contributed by atoms with Gasteiger partial charge in [-0.3, -0.25) is 4.79 Å². The van der Waals surface area contributed by atoms with Crippen LogP contribution in [0.4, 0.5) is 11.4 Å². The smallest absolute Gasteiger partial charge is 0.337 e. The van der Waals surface area contributed by atoms with Crippen molar-refractivity contribution in [1.29, 1.82) is 0 Å². The van der Waals surface area contributed by atoms with Crippen molar-refractivity contribution in [3.05, 3.63) is 23.8 Å². The molecule has 1 aromatic rings. The predicted octanol–water partition coefficient (Wildman–Crippen LogP) is 2.95. The normalized spacial score (nSPS) is 18.8. The first-order valence-corrected chi connectivity index (χ1v) is 7.97. The number of methoxy groups -OCH3 is 1. The highest BCUT2D eigenvalue weighted by Gasteiger charge is 2.24. The van der Waals surface area contributed by atoms with Crippen LogP contribution in [-0.4, -0.2) is 31.6 Å². The molecule has 5 nitrogen and oxygen atoms in total. The first-order chi connectivity index (χ1) is 10.7. The number of anilines is 2. The molecule has 2 aliphatic rings. The van der Waals surface area contributed by atoms with Gasteiger partial charge in [-0.2, -0.15) is 0 Å². The van der Waals surface area contributed by atoms with Crippen LogP contribution in [0.25, 0.3) is 0 Å². The summed E-state index contributed by atoms with van der Waals surface area (Å²) in [5.74, 6) is -0.253. The Hall–Kier alpha value is -2.04. The highest BCUT2D eigenvalue weighted by molar-refractivity contribution is 5.98. The van der Waals surface area contributed by atoms with Gasteiger partial charge in [0.05, 0.1) is 12.7 Å². The van der Waals surface area contributed by atoms with Crippen molar-refractivity contribution in [3.8, 4) is 0 Å². The van der Waals surface area contributed by atoms with E-state index in [1.165, 1.54) is 20.0 Å². The second-order valence-electron chi connectivity index (χ2n) is 6.03. The lowest BCUT2D eigenvalue weighted by Crippen LogP contribution is -2.24. The van der Waals surface area contributed by atoms with Crippen LogP contribution in [0, 0.1) is 0 Å². The Morgan fingerprint density at radius 3 is 2.64 bits per heavy atom. The molecule has 118 valence electrons. The van der Waals surface area contributed by atoms with Crippen LogP contribution in [0.15, 0.2) is 18.2 Å². The topological polar surface area (TPSA) is 58.6 Å². The molecule has 0 atom stereocenters. The van der Waals surface area contributed by atoms with Gasteiger partial charge in [0, 0.05) is 30.4 Å². The fraction of sp³-hybridized carbons (Fsp3) is 0.529. The van der Waals surface area contributed by atoms with E-state index in [1.807, 2.05) is 12.1 Å². The maximum Gasteiger partial charge on any atom is 0.337 e. The van der Waals surface area contributed by atoms with Gasteiger partial charge in [-0.15, -0.1) is 0 Å². The predicted molar refractivity (Wildman–Crippen MR) is 85.2 cm³/mol. The fourth-order valence-corrected chi connectivity index (χ4v) is 3.31. The molecule has 3 rings (SSSR count). The lowest BCUT2D eigenvalue weighted by atomic mass is 10.1. The van der Waals surface area contributed by atoms with Crippen molar-refractivity contribution in [2.24, 2.45) is 0 Å². The van der Waals surface area contributed by atoms with Crippen LogP contribution in [0.1, 0.15) is 48.9 Å². The molecule has 1 heterocycles. The van der Waals surface area contributed by atoms with Crippen molar-refractivity contribution in [1.82, 2.24) is 0 Å². The molecule has 1 aromatic carbocycles. The average Bonchev–Trinajstić information content (AvgIpc) is 3.17. The van der Waals surface area contributed by atoms with E-state index in [2.05, 4.69) is 5.32 Å². The Bertz CT molecular complexity index is 579. The van der Waals surface area contributed by atoms with E-state index in [0.29, 0.717) is 24.6 Å². The number of nitrogens with zero attached hydrogens (tertiary/aromatic N) is 1. The third-order valence-electron chi connectivity index (χ3n) is 4.45. The van der Waals surface area contributed by atoms with Gasteiger partial charge in [0.1, 0.15) is 0 Å². The van der Waals surface area contributed by atoms with E-state index in [9.17, 15) is 9.59 Å². The number of amides is 1. The van der Waals surface area contributed by atoms with Gasteiger partial charge < -0.3 is 15.0 Å². The zero-order valence-electron chi connectivity index (χ0n) is 12.9. The molecule has 0 radical (unpaired) electrons. The Morgan fingerprint density at radius 2 is 2.00 bits per heavy atom. The van der Waals surface area contributed by atoms with Crippen LogP contribution in [0.5, 0.6) is 0 Å². The first-order valence-electron chi connectivity index (χ1n) is 7.97. The first kappa shape index (κ1) is 14.9. The summed E-state index contributed by atoms with van der Waals surface area (Å²) >= 11 is 0. The van der Waals surface area contributed by atoms with E-state index in [1.54, 1.807) is 11.0 Å². The summed E-state index contributed by atoms with van der Waals surface area (Å²) < 4.78 is 4.84. The molecular weight excluding hydrogens is 280 g/mol. The second-order valence-corrected chi connectivity index (χ2v) is 6.03. The summed E-state index contributed by atoms with van der Waals surface area (Å²) in [6, 6.07) is 5.98. The van der Waals surface area contributed by atoms with E-state index >= 15 is 0 Å². The Morgan fingerprint density at radius 1 is 1.23 bits per heavy atom. The molecule has 5 heteroatoms. The molecule has 22 heavy (non-hydrogen) atoms. The summed E-state index contributed by atoms with van der Waals surface area (Å²) in [4.78, 5) is 25.6. The summed E-state index contributed by atoms with van der Waals surface area (Å²) in [5.41, 5.74) is 2.16. The second kappa shape index (κ2) is 6.38. The molecule has 1 saturated carbocycles. The zero-order chi connectivity index (χ0) is 15.5. The van der Waals surface area contributed by atoms with E-state index in [4.69, 9.17) is 4.74 Å². The zero-order valence-corrected chi connectivity index (χ0v) is 12.9. The maximum atomic E-state index is 12.0. The third kappa shape index (κ3) is 3.08. The highest BCUT2D eigenvalue weighted by Crippen LogP contribution is 2.29. The van der Waals surface area contributed by atoms with Gasteiger partial charge in [0.2, 0.25) is 5.91 Å². The van der Waals surface area contributed by atoms with Crippen molar-refractivity contribution >= 4 is 23.3 Å². The summed E-state index contributed by atoms with van der Waals surface area (Å²) in [5, 5.41) is 3.49. The minimum atomic E-state index is -0.372. The molecule has 1 aliphatic carbocycles. The van der Waals surface area contributed by atoms with Gasteiger partial charge in [-0.25, -0.2) is 4.79 Å². The largest absolute Gasteiger partial charge is 0.465 e. The number of hydrogen-bond acceptors (Lipinski definition) is 4. The molecule has 0 unspecified atom stereocenters. The van der Waals surface area contributed by atoms with Gasteiger partial charge in [-0.1, -0.05) is 12.8 Å². The number of benzene rings is 1. The highest BCUT2D eigenvalue weighted by atomic mass is 16.5. The average molecular weight is 302 g/mol. The molecule has 1 saturated heterocycles. The molecule has 1 amide bonds. The lowest BCUT2D eigenvalue weighted by Gasteiger charge is -2.20. The quantitative estimate of drug-likeness (QED) is 0.869. The van der Waals surface area contributed by atoms with Crippen molar-refractivity contribution in [2.45, 2.75) is 44.6 Å². The Labute approximate surface area is 130 Å². The van der Waals surface area contributed by atoms with Crippen molar-refractivity contribution < 1.29 is 14.3 Å². The minimum Gasteiger partial charge on any atom is -0.465 e. The SMILES string of the molecule is COC(=O)c1cc(NC2CCCC2)cc(N2CCCC2=O)c1. The summed E-state index contributed by atoms with van der Waals surface area (Å²) in [7, 11) is 1.38. The number of ether oxygens (including phenoxy) is 1. The van der Waals surface area contributed by atoms with Crippen LogP contribution in [0.2, 0.25) is 0 Å². The standard InChI is InChI=1S/C17H22N2O3/c1-22-17(21)12-9-14(18-13-5-2-3-6-13)11-15(10-12)19-8-4-7-16(19)20/h9-11,13,18H,2-8H2,1H3. The number of carbonyl (C=O) groups excluding carboxylic acids is 2. The van der Waals surface area contributed by atoms with Crippen LogP contribution < -0.4 is 10.2 Å². The van der Waals surface area contributed by atoms with E-state index < -0.39 is 0 Å². The number of nitrogens with one attached hydrogen (secondary N) is 1. The van der Waals surface area contributed by atoms with E-state index in [0.717, 1.165) is 30.6 Å². The summed E-state index contributed by atoms with van der Waals surface area (Å²) in [6.45, 7) is 0.715. The van der Waals surface area contributed by atoms with Crippen molar-refractivity contribution in [3.63, 3.8) is 0 Å². The molecule has 1 aliphatic heterocycles. The van der Waals surface area contributed by atoms with Crippen LogP contribution >= 0.6 is 0 Å². The number of hydrogen-bond donors (Lipinski definition) is 1. The molecule has 0 spiro atoms. The van der Waals surface area contributed by atoms with Gasteiger partial charge in [-0.05, 0) is 37.5 Å². The molecule has 1 N–H and O–H groups in total. The molecule has 0 aromatic heterocycles. The Kier molecular flexibility index (Phi) is 4.32. The van der Waals surface area contributed by atoms with Gasteiger partial charge in [0.15, 0.2) is 0 Å². The molecule has 0 bridgehead atoms. The Balaban J connectivity index is 1.90. The minimum absolute atomic E-state index is 0.119. The lowest BCUT2D eigenvalue weighted by molar-refractivity contribution is -0.117. The summed E-state index contributed by atoms with van der Waals surface area (Å²) in [6.07, 6.45) is 6.24. The van der Waals surface area contributed by atoms with Crippen molar-refractivity contribution in [2.75, 3.05) is 23.9 Å². The fourth-order valence-electron chi connectivity index (χ4n) is 3.31. The van der Waals surface area contributed by atoms with Gasteiger partial charge >= 0.3 is 5.97 Å². The number of esters is 1. The maximum absolute atomic E-state index is 12.0.